The van der Waals surface area contributed by atoms with Crippen molar-refractivity contribution in [3.63, 3.8) is 0 Å². The van der Waals surface area contributed by atoms with Crippen LogP contribution in [0.25, 0.3) is 0 Å². The number of carbonyl (C=O) groups is 2. The molecule has 11 nitrogen and oxygen atoms in total. The van der Waals surface area contributed by atoms with Crippen LogP contribution in [0, 0.1) is 0 Å². The summed E-state index contributed by atoms with van der Waals surface area (Å²) in [7, 11) is 0. The third-order valence-corrected chi connectivity index (χ3v) is 17.5. The lowest BCUT2D eigenvalue weighted by molar-refractivity contribution is -0.305. The predicted octanol–water partition coefficient (Wildman–Crippen LogP) is 20.0. The van der Waals surface area contributed by atoms with Crippen LogP contribution in [0.15, 0.2) is 85.1 Å². The van der Waals surface area contributed by atoms with Gasteiger partial charge in [-0.3, -0.25) is 9.59 Å². The highest BCUT2D eigenvalue weighted by Gasteiger charge is 2.47. The summed E-state index contributed by atoms with van der Waals surface area (Å²) in [6.45, 7) is 5.77. The average Bonchev–Trinajstić information content (AvgIpc) is 3.11. The summed E-state index contributed by atoms with van der Waals surface area (Å²) < 4.78 is 17.7. The van der Waals surface area contributed by atoms with E-state index in [0.29, 0.717) is 12.8 Å². The first kappa shape index (κ1) is 84.9. The topological polar surface area (TPSA) is 175 Å². The summed E-state index contributed by atoms with van der Waals surface area (Å²) in [6, 6.07) is -1.03. The fraction of sp³-hybridized carbons (Fsp3) is 0.797. The van der Waals surface area contributed by atoms with Gasteiger partial charge in [0.1, 0.15) is 24.4 Å². The SMILES string of the molecule is CCCCC/C=C\C/C=C\C/C=C\C/C=C\CCCCCCCCCC(=O)OC1C(OCC(NC(=O)C(O)CCCCCCCCCCCCCCCCCC/C=C\C/C=C\CCCCC)C(O)/C=C/CCCCCCCCCCCC)OC(CO)C(O)C1O. The minimum atomic E-state index is -1.62. The van der Waals surface area contributed by atoms with E-state index in [0.717, 1.165) is 109 Å². The zero-order chi connectivity index (χ0) is 65.3. The normalized spacial score (nSPS) is 18.5. The molecule has 6 N–H and O–H groups in total. The first-order valence-electron chi connectivity index (χ1n) is 37.9. The summed E-state index contributed by atoms with van der Waals surface area (Å²) in [6.07, 6.45) is 77.7. The van der Waals surface area contributed by atoms with E-state index >= 15 is 0 Å². The number of nitrogens with one attached hydrogen (secondary N) is 1. The highest BCUT2D eigenvalue weighted by molar-refractivity contribution is 5.80. The molecule has 0 aromatic heterocycles. The standard InChI is InChI=1S/C79H141NO10/c1-4-7-10-13-16-19-22-25-27-29-31-33-35-36-37-39-40-42-44-46-48-51-54-57-60-63-66-72(83)78(87)80-70(71(82)65-62-59-56-53-50-24-21-18-15-12-9-6-3)69-88-79-77(76(86)75(85)73(68-81)89-79)90-74(84)67-64-61-58-55-52-49-47-45-43-41-38-34-32-30-28-26-23-20-17-14-11-8-5-2/h16-17,19-20,25-28,32,34,41,43,62,65,70-73,75-77,79,81-83,85-86H,4-15,18,21-24,29-31,33,35-40,42,44-61,63-64,66-69H2,1-3H3,(H,80,87)/b19-16-,20-17-,27-25-,28-26-,34-32-,43-41-,65-62+. The maximum Gasteiger partial charge on any atom is 0.306 e. The maximum absolute atomic E-state index is 13.5. The molecule has 0 bridgehead atoms. The molecule has 90 heavy (non-hydrogen) atoms. The molecule has 0 spiro atoms. The van der Waals surface area contributed by atoms with E-state index in [-0.39, 0.29) is 19.4 Å². The van der Waals surface area contributed by atoms with Gasteiger partial charge < -0.3 is 45.1 Å². The van der Waals surface area contributed by atoms with Crippen LogP contribution in [0.5, 0.6) is 0 Å². The van der Waals surface area contributed by atoms with E-state index in [1.165, 1.54) is 186 Å². The number of hydrogen-bond donors (Lipinski definition) is 6. The van der Waals surface area contributed by atoms with Crippen molar-refractivity contribution in [1.82, 2.24) is 5.32 Å². The number of unbranched alkanes of at least 4 members (excludes halogenated alkanes) is 39. The number of carbonyl (C=O) groups excluding carboxylic acids is 2. The molecule has 8 unspecified atom stereocenters. The van der Waals surface area contributed by atoms with Gasteiger partial charge in [-0.05, 0) is 103 Å². The Morgan fingerprint density at radius 1 is 0.433 bits per heavy atom. The van der Waals surface area contributed by atoms with Crippen LogP contribution in [0.2, 0.25) is 0 Å². The molecule has 1 rings (SSSR count). The largest absolute Gasteiger partial charge is 0.454 e. The summed E-state index contributed by atoms with van der Waals surface area (Å²) in [5, 5.41) is 57.3. The van der Waals surface area contributed by atoms with Crippen molar-refractivity contribution in [2.45, 2.75) is 391 Å². The van der Waals surface area contributed by atoms with E-state index in [4.69, 9.17) is 14.2 Å². The van der Waals surface area contributed by atoms with Gasteiger partial charge in [0.25, 0.3) is 0 Å². The number of hydrogen-bond acceptors (Lipinski definition) is 10. The fourth-order valence-electron chi connectivity index (χ4n) is 11.6. The second-order valence-electron chi connectivity index (χ2n) is 26.0. The Morgan fingerprint density at radius 2 is 0.767 bits per heavy atom. The molecule has 1 saturated heterocycles. The zero-order valence-electron chi connectivity index (χ0n) is 58.2. The molecular weight excluding hydrogens is 1120 g/mol. The van der Waals surface area contributed by atoms with Gasteiger partial charge in [0.15, 0.2) is 12.4 Å². The number of rotatable bonds is 65. The summed E-state index contributed by atoms with van der Waals surface area (Å²) in [5.41, 5.74) is 0. The average molecular weight is 1260 g/mol. The lowest BCUT2D eigenvalue weighted by atomic mass is 9.99. The molecule has 522 valence electrons. The molecule has 1 amide bonds. The molecule has 0 aromatic rings. The molecule has 0 saturated carbocycles. The molecule has 1 aliphatic heterocycles. The molecular formula is C79H141NO10. The van der Waals surface area contributed by atoms with Crippen LogP contribution in [0.3, 0.4) is 0 Å². The minimum Gasteiger partial charge on any atom is -0.454 e. The lowest BCUT2D eigenvalue weighted by Gasteiger charge is -2.41. The maximum atomic E-state index is 13.5. The Morgan fingerprint density at radius 3 is 1.17 bits per heavy atom. The quantitative estimate of drug-likeness (QED) is 0.0195. The summed E-state index contributed by atoms with van der Waals surface area (Å²) >= 11 is 0. The van der Waals surface area contributed by atoms with E-state index in [9.17, 15) is 35.1 Å². The molecule has 0 aromatic carbocycles. The van der Waals surface area contributed by atoms with E-state index in [2.05, 4.69) is 99.0 Å². The van der Waals surface area contributed by atoms with Crippen molar-refractivity contribution >= 4 is 11.9 Å². The van der Waals surface area contributed by atoms with E-state index in [1.54, 1.807) is 6.08 Å². The Balaban J connectivity index is 2.54. The van der Waals surface area contributed by atoms with Crippen LogP contribution < -0.4 is 5.32 Å². The first-order valence-corrected chi connectivity index (χ1v) is 37.9. The van der Waals surface area contributed by atoms with E-state index in [1.807, 2.05) is 6.08 Å². The van der Waals surface area contributed by atoms with Gasteiger partial charge in [0.05, 0.1) is 25.4 Å². The first-order chi connectivity index (χ1) is 44.2. The lowest BCUT2D eigenvalue weighted by Crippen LogP contribution is -2.61. The molecule has 11 heteroatoms. The van der Waals surface area contributed by atoms with Gasteiger partial charge in [0.2, 0.25) is 5.91 Å². The van der Waals surface area contributed by atoms with Gasteiger partial charge in [-0.2, -0.15) is 0 Å². The summed E-state index contributed by atoms with van der Waals surface area (Å²) in [4.78, 5) is 26.7. The van der Waals surface area contributed by atoms with Gasteiger partial charge in [-0.25, -0.2) is 0 Å². The van der Waals surface area contributed by atoms with Crippen molar-refractivity contribution in [1.29, 1.82) is 0 Å². The summed E-state index contributed by atoms with van der Waals surface area (Å²) in [5.74, 6) is -1.20. The number of aliphatic hydroxyl groups excluding tert-OH is 5. The van der Waals surface area contributed by atoms with Crippen molar-refractivity contribution in [2.24, 2.45) is 0 Å². The van der Waals surface area contributed by atoms with Crippen LogP contribution in [0.1, 0.15) is 342 Å². The number of allylic oxidation sites excluding steroid dienone is 13. The fourth-order valence-corrected chi connectivity index (χ4v) is 11.6. The number of aliphatic hydroxyl groups is 5. The molecule has 1 fully saturated rings. The monoisotopic (exact) mass is 1260 g/mol. The molecule has 8 atom stereocenters. The molecule has 0 aliphatic carbocycles. The van der Waals surface area contributed by atoms with Crippen molar-refractivity contribution < 1.29 is 49.3 Å². The van der Waals surface area contributed by atoms with Crippen molar-refractivity contribution in [2.75, 3.05) is 13.2 Å². The highest BCUT2D eigenvalue weighted by atomic mass is 16.7. The van der Waals surface area contributed by atoms with Crippen LogP contribution in [-0.2, 0) is 23.8 Å². The minimum absolute atomic E-state index is 0.109. The zero-order valence-corrected chi connectivity index (χ0v) is 58.2. The second-order valence-corrected chi connectivity index (χ2v) is 26.0. The Hall–Kier alpha value is -3.16. The Labute approximate surface area is 553 Å². The Kier molecular flexibility index (Phi) is 62.1. The van der Waals surface area contributed by atoms with Crippen LogP contribution in [0.4, 0.5) is 0 Å². The highest BCUT2D eigenvalue weighted by Crippen LogP contribution is 2.26. The van der Waals surface area contributed by atoms with Gasteiger partial charge in [0, 0.05) is 6.42 Å². The van der Waals surface area contributed by atoms with Crippen molar-refractivity contribution in [3.05, 3.63) is 85.1 Å². The predicted molar refractivity (Wildman–Crippen MR) is 379 cm³/mol. The second kappa shape index (κ2) is 65.9. The van der Waals surface area contributed by atoms with Gasteiger partial charge >= 0.3 is 5.97 Å². The van der Waals surface area contributed by atoms with Crippen LogP contribution >= 0.6 is 0 Å². The smallest absolute Gasteiger partial charge is 0.306 e. The number of ether oxygens (including phenoxy) is 3. The van der Waals surface area contributed by atoms with Gasteiger partial charge in [-0.1, -0.05) is 318 Å². The van der Waals surface area contributed by atoms with Crippen molar-refractivity contribution in [3.8, 4) is 0 Å². The molecule has 0 radical (unpaired) electrons. The van der Waals surface area contributed by atoms with Gasteiger partial charge in [-0.15, -0.1) is 0 Å². The third kappa shape index (κ3) is 52.2. The third-order valence-electron chi connectivity index (χ3n) is 17.5. The Bertz CT molecular complexity index is 1790. The van der Waals surface area contributed by atoms with E-state index < -0.39 is 67.4 Å². The molecule has 1 heterocycles. The number of esters is 1. The number of amides is 1. The molecule has 1 aliphatic rings. The van der Waals surface area contributed by atoms with Crippen LogP contribution in [-0.4, -0.2) is 99.6 Å².